The van der Waals surface area contributed by atoms with E-state index in [-0.39, 0.29) is 0 Å². The summed E-state index contributed by atoms with van der Waals surface area (Å²) in [4.78, 5) is 3.15. The number of hydrogen-bond acceptors (Lipinski definition) is 1. The van der Waals surface area contributed by atoms with Crippen molar-refractivity contribution in [2.24, 2.45) is 0 Å². The van der Waals surface area contributed by atoms with E-state index in [1.807, 2.05) is 11.8 Å². The van der Waals surface area contributed by atoms with Crippen LogP contribution in [-0.2, 0) is 0 Å². The van der Waals surface area contributed by atoms with Crippen LogP contribution in [0.3, 0.4) is 0 Å². The van der Waals surface area contributed by atoms with Crippen LogP contribution in [0.15, 0.2) is 22.0 Å². The molecule has 0 saturated heterocycles. The van der Waals surface area contributed by atoms with E-state index in [4.69, 9.17) is 0 Å². The van der Waals surface area contributed by atoms with Crippen LogP contribution < -0.4 is 0 Å². The largest absolute Gasteiger partial charge is 0.0990 e. The Hall–Kier alpha value is -0.170. The van der Waals surface area contributed by atoms with Crippen molar-refractivity contribution < 1.29 is 0 Å². The average Bonchev–Trinajstić information content (AvgIpc) is 2.33. The monoisotopic (exact) mass is 110 g/mol. The van der Waals surface area contributed by atoms with Gasteiger partial charge in [0.2, 0.25) is 0 Å². The quantitative estimate of drug-likeness (QED) is 0.525. The molecule has 0 aromatic heterocycles. The summed E-state index contributed by atoms with van der Waals surface area (Å²) in [5.74, 6) is 0. The van der Waals surface area contributed by atoms with Crippen molar-refractivity contribution in [3.8, 4) is 0 Å². The fourth-order valence-electron chi connectivity index (χ4n) is 0.418. The minimum absolute atomic E-state index is 1.27. The Morgan fingerprint density at radius 2 is 1.57 bits per heavy atom. The third kappa shape index (κ3) is 0.885. The molecule has 0 heterocycles. The molecule has 0 bridgehead atoms. The molecule has 1 heteroatoms. The van der Waals surface area contributed by atoms with Gasteiger partial charge in [0.25, 0.3) is 0 Å². The first kappa shape index (κ1) is 3.79. The topological polar surface area (TPSA) is 0 Å². The van der Waals surface area contributed by atoms with Gasteiger partial charge in [0.15, 0.2) is 0 Å². The van der Waals surface area contributed by atoms with Crippen LogP contribution in [0, 0.1) is 0 Å². The second kappa shape index (κ2) is 1.16. The second-order valence-electron chi connectivity index (χ2n) is 1.85. The van der Waals surface area contributed by atoms with Gasteiger partial charge in [-0.2, -0.15) is 0 Å². The van der Waals surface area contributed by atoms with Crippen molar-refractivity contribution in [1.29, 1.82) is 0 Å². The normalized spacial score (nSPS) is 23.4. The van der Waals surface area contributed by atoms with Crippen LogP contribution in [0.4, 0.5) is 0 Å². The lowest BCUT2D eigenvalue weighted by atomic mass is 10.9. The lowest BCUT2D eigenvalue weighted by Crippen LogP contribution is -1.44. The minimum Gasteiger partial charge on any atom is -0.0990 e. The summed E-state index contributed by atoms with van der Waals surface area (Å²) in [6.45, 7) is 0. The van der Waals surface area contributed by atoms with E-state index in [0.717, 1.165) is 0 Å². The maximum Gasteiger partial charge on any atom is -0.00258 e. The smallest absolute Gasteiger partial charge is 0.00258 e. The molecule has 0 N–H and O–H groups in total. The Morgan fingerprint density at radius 1 is 1.14 bits per heavy atom. The van der Waals surface area contributed by atoms with Gasteiger partial charge in [-0.25, -0.2) is 0 Å². The van der Waals surface area contributed by atoms with Crippen LogP contribution in [-0.4, -0.2) is 0 Å². The molecule has 2 aliphatic carbocycles. The Labute approximate surface area is 47.3 Å². The molecule has 7 heavy (non-hydrogen) atoms. The Kier molecular flexibility index (Phi) is 0.627. The predicted octanol–water partition coefficient (Wildman–Crippen LogP) is 2.29. The standard InChI is InChI=1S/C6H6S/c1-2-5(1)7-6-3-4-6/h1,3H,2,4H2. The second-order valence-corrected chi connectivity index (χ2v) is 3.10. The first-order chi connectivity index (χ1) is 3.45. The zero-order chi connectivity index (χ0) is 4.69. The summed E-state index contributed by atoms with van der Waals surface area (Å²) in [5, 5.41) is 0. The van der Waals surface area contributed by atoms with E-state index in [9.17, 15) is 0 Å². The van der Waals surface area contributed by atoms with Gasteiger partial charge in [0.1, 0.15) is 0 Å². The molecule has 0 spiro atoms. The van der Waals surface area contributed by atoms with Gasteiger partial charge in [0.05, 0.1) is 0 Å². The summed E-state index contributed by atoms with van der Waals surface area (Å²) in [5.41, 5.74) is 0. The lowest BCUT2D eigenvalue weighted by molar-refractivity contribution is 1.66. The van der Waals surface area contributed by atoms with Gasteiger partial charge in [-0.15, -0.1) is 0 Å². The number of allylic oxidation sites excluding steroid dienone is 4. The maximum atomic E-state index is 2.27. The van der Waals surface area contributed by atoms with Crippen molar-refractivity contribution in [1.82, 2.24) is 0 Å². The van der Waals surface area contributed by atoms with Crippen LogP contribution in [0.5, 0.6) is 0 Å². The molecule has 36 valence electrons. The first-order valence-electron chi connectivity index (χ1n) is 2.51. The van der Waals surface area contributed by atoms with E-state index in [1.165, 1.54) is 12.8 Å². The third-order valence-corrected chi connectivity index (χ3v) is 2.19. The molecule has 0 aromatic rings. The Bertz CT molecular complexity index is 136. The fourth-order valence-corrected chi connectivity index (χ4v) is 1.26. The summed E-state index contributed by atoms with van der Waals surface area (Å²) >= 11 is 1.95. The summed E-state index contributed by atoms with van der Waals surface area (Å²) in [7, 11) is 0. The Morgan fingerprint density at radius 3 is 1.86 bits per heavy atom. The van der Waals surface area contributed by atoms with E-state index in [2.05, 4.69) is 12.2 Å². The molecule has 0 amide bonds. The highest BCUT2D eigenvalue weighted by molar-refractivity contribution is 8.07. The third-order valence-electron chi connectivity index (χ3n) is 1.00. The van der Waals surface area contributed by atoms with Crippen molar-refractivity contribution in [2.75, 3.05) is 0 Å². The zero-order valence-electron chi connectivity index (χ0n) is 3.98. The van der Waals surface area contributed by atoms with E-state index < -0.39 is 0 Å². The van der Waals surface area contributed by atoms with E-state index in [0.29, 0.717) is 0 Å². The van der Waals surface area contributed by atoms with Crippen molar-refractivity contribution in [2.45, 2.75) is 12.8 Å². The number of hydrogen-bond donors (Lipinski definition) is 0. The van der Waals surface area contributed by atoms with Gasteiger partial charge in [0, 0.05) is 0 Å². The maximum absolute atomic E-state index is 2.27. The first-order valence-corrected chi connectivity index (χ1v) is 3.33. The molecule has 0 radical (unpaired) electrons. The molecule has 0 aliphatic heterocycles. The highest BCUT2D eigenvalue weighted by atomic mass is 32.2. The molecule has 0 aromatic carbocycles. The highest BCUT2D eigenvalue weighted by Crippen LogP contribution is 2.43. The minimum atomic E-state index is 1.27. The molecule has 0 atom stereocenters. The van der Waals surface area contributed by atoms with Crippen LogP contribution >= 0.6 is 11.8 Å². The molecule has 2 rings (SSSR count). The fraction of sp³-hybridized carbons (Fsp3) is 0.333. The van der Waals surface area contributed by atoms with Gasteiger partial charge < -0.3 is 0 Å². The molecule has 0 fully saturated rings. The van der Waals surface area contributed by atoms with Crippen LogP contribution in [0.25, 0.3) is 0 Å². The van der Waals surface area contributed by atoms with E-state index >= 15 is 0 Å². The summed E-state index contributed by atoms with van der Waals surface area (Å²) in [6, 6.07) is 0. The van der Waals surface area contributed by atoms with Crippen LogP contribution in [0.1, 0.15) is 12.8 Å². The summed E-state index contributed by atoms with van der Waals surface area (Å²) in [6.07, 6.45) is 7.07. The number of rotatable bonds is 2. The van der Waals surface area contributed by atoms with E-state index in [1.54, 1.807) is 9.81 Å². The molecule has 0 saturated carbocycles. The van der Waals surface area contributed by atoms with Gasteiger partial charge >= 0.3 is 0 Å². The van der Waals surface area contributed by atoms with Gasteiger partial charge in [-0.3, -0.25) is 0 Å². The molecular formula is C6H6S. The van der Waals surface area contributed by atoms with Crippen molar-refractivity contribution in [3.63, 3.8) is 0 Å². The molecular weight excluding hydrogens is 104 g/mol. The van der Waals surface area contributed by atoms with Gasteiger partial charge in [-0.05, 0) is 22.7 Å². The molecule has 0 unspecified atom stereocenters. The lowest BCUT2D eigenvalue weighted by Gasteiger charge is -1.78. The average molecular weight is 110 g/mol. The SMILES string of the molecule is C1=C(SC2=CC2)C1. The Balaban J connectivity index is 1.90. The van der Waals surface area contributed by atoms with Gasteiger partial charge in [-0.1, -0.05) is 23.9 Å². The number of thioether (sulfide) groups is 1. The van der Waals surface area contributed by atoms with Crippen molar-refractivity contribution in [3.05, 3.63) is 22.0 Å². The molecule has 0 nitrogen and oxygen atoms in total. The summed E-state index contributed by atoms with van der Waals surface area (Å²) < 4.78 is 0. The highest BCUT2D eigenvalue weighted by Gasteiger charge is 2.14. The predicted molar refractivity (Wildman–Crippen MR) is 33.0 cm³/mol. The molecule has 2 aliphatic rings. The van der Waals surface area contributed by atoms with Crippen molar-refractivity contribution >= 4 is 11.8 Å². The zero-order valence-corrected chi connectivity index (χ0v) is 4.79. The van der Waals surface area contributed by atoms with Crippen LogP contribution in [0.2, 0.25) is 0 Å².